The van der Waals surface area contributed by atoms with Crippen molar-refractivity contribution in [3.05, 3.63) is 29.3 Å². The Hall–Kier alpha value is -1.06. The van der Waals surface area contributed by atoms with Crippen LogP contribution < -0.4 is 5.73 Å². The van der Waals surface area contributed by atoms with Crippen LogP contribution in [-0.4, -0.2) is 16.3 Å². The van der Waals surface area contributed by atoms with Crippen LogP contribution in [0.15, 0.2) is 18.2 Å². The van der Waals surface area contributed by atoms with Crippen molar-refractivity contribution >= 4 is 0 Å². The summed E-state index contributed by atoms with van der Waals surface area (Å²) in [5.41, 5.74) is 7.63. The van der Waals surface area contributed by atoms with Gasteiger partial charge in [-0.3, -0.25) is 0 Å². The average Bonchev–Trinajstić information content (AvgIpc) is 2.14. The van der Waals surface area contributed by atoms with Crippen LogP contribution in [0.2, 0.25) is 0 Å². The smallest absolute Gasteiger partial charge is 0.120 e. The molecule has 2 rings (SSSR count). The zero-order valence-corrected chi connectivity index (χ0v) is 9.56. The van der Waals surface area contributed by atoms with Gasteiger partial charge >= 0.3 is 0 Å². The van der Waals surface area contributed by atoms with Gasteiger partial charge in [-0.1, -0.05) is 18.6 Å². The maximum Gasteiger partial charge on any atom is 0.120 e. The number of hydrogen-bond acceptors (Lipinski definition) is 3. The van der Waals surface area contributed by atoms with Crippen LogP contribution >= 0.6 is 0 Å². The molecular formula is C13H19NO2. The van der Waals surface area contributed by atoms with E-state index < -0.39 is 12.1 Å². The van der Waals surface area contributed by atoms with Gasteiger partial charge in [0, 0.05) is 5.56 Å². The van der Waals surface area contributed by atoms with E-state index >= 15 is 0 Å². The van der Waals surface area contributed by atoms with E-state index in [1.807, 2.05) is 13.0 Å². The van der Waals surface area contributed by atoms with Crippen molar-refractivity contribution in [2.75, 3.05) is 0 Å². The highest BCUT2D eigenvalue weighted by atomic mass is 16.3. The predicted molar refractivity (Wildman–Crippen MR) is 63.1 cm³/mol. The largest absolute Gasteiger partial charge is 0.508 e. The van der Waals surface area contributed by atoms with Crippen molar-refractivity contribution < 1.29 is 10.2 Å². The molecule has 88 valence electrons. The fraction of sp³-hybridized carbons (Fsp3) is 0.538. The number of benzene rings is 1. The van der Waals surface area contributed by atoms with Crippen LogP contribution in [0.25, 0.3) is 0 Å². The van der Waals surface area contributed by atoms with Gasteiger partial charge in [0.05, 0.1) is 12.1 Å². The molecule has 16 heavy (non-hydrogen) atoms. The summed E-state index contributed by atoms with van der Waals surface area (Å²) in [6.45, 7) is 1.91. The number of aromatic hydroxyl groups is 1. The van der Waals surface area contributed by atoms with Crippen LogP contribution in [0.4, 0.5) is 0 Å². The molecule has 1 saturated carbocycles. The fourth-order valence-corrected chi connectivity index (χ4v) is 2.19. The maximum atomic E-state index is 10.0. The first-order valence-electron chi connectivity index (χ1n) is 5.83. The minimum atomic E-state index is -0.539. The lowest BCUT2D eigenvalue weighted by Crippen LogP contribution is -2.36. The number of phenols is 1. The summed E-state index contributed by atoms with van der Waals surface area (Å²) in [6, 6.07) is 4.91. The molecule has 0 unspecified atom stereocenters. The van der Waals surface area contributed by atoms with E-state index in [4.69, 9.17) is 5.73 Å². The molecule has 0 aromatic heterocycles. The number of aliphatic hydroxyl groups excluding tert-OH is 1. The van der Waals surface area contributed by atoms with Gasteiger partial charge in [0.25, 0.3) is 0 Å². The summed E-state index contributed by atoms with van der Waals surface area (Å²) in [6.07, 6.45) is 2.72. The zero-order valence-electron chi connectivity index (χ0n) is 9.56. The highest BCUT2D eigenvalue weighted by Gasteiger charge is 2.31. The van der Waals surface area contributed by atoms with Crippen molar-refractivity contribution in [2.45, 2.75) is 38.3 Å². The van der Waals surface area contributed by atoms with Gasteiger partial charge in [-0.05, 0) is 37.3 Å². The quantitative estimate of drug-likeness (QED) is 0.730. The number of aryl methyl sites for hydroxylation is 1. The van der Waals surface area contributed by atoms with Crippen molar-refractivity contribution in [3.63, 3.8) is 0 Å². The first-order valence-corrected chi connectivity index (χ1v) is 5.83. The van der Waals surface area contributed by atoms with Crippen LogP contribution in [0.5, 0.6) is 5.75 Å². The predicted octanol–water partition coefficient (Wildman–Crippen LogP) is 1.86. The second-order valence-electron chi connectivity index (χ2n) is 4.77. The van der Waals surface area contributed by atoms with E-state index in [9.17, 15) is 10.2 Å². The number of nitrogens with two attached hydrogens (primary N) is 1. The minimum Gasteiger partial charge on any atom is -0.508 e. The molecule has 0 spiro atoms. The highest BCUT2D eigenvalue weighted by molar-refractivity contribution is 5.38. The summed E-state index contributed by atoms with van der Waals surface area (Å²) >= 11 is 0. The Morgan fingerprint density at radius 2 is 2.06 bits per heavy atom. The molecule has 1 aliphatic carbocycles. The van der Waals surface area contributed by atoms with Crippen LogP contribution in [-0.2, 0) is 0 Å². The first kappa shape index (κ1) is 11.4. The molecule has 0 heterocycles. The topological polar surface area (TPSA) is 66.5 Å². The number of rotatable bonds is 3. The summed E-state index contributed by atoms with van der Waals surface area (Å²) in [4.78, 5) is 0. The zero-order chi connectivity index (χ0) is 11.7. The van der Waals surface area contributed by atoms with E-state index in [1.54, 1.807) is 12.1 Å². The summed E-state index contributed by atoms with van der Waals surface area (Å²) in [5, 5.41) is 19.8. The third-order valence-electron chi connectivity index (χ3n) is 3.55. The first-order chi connectivity index (χ1) is 7.59. The molecule has 0 saturated heterocycles. The highest BCUT2D eigenvalue weighted by Crippen LogP contribution is 2.36. The second kappa shape index (κ2) is 4.44. The van der Waals surface area contributed by atoms with Gasteiger partial charge in [0.1, 0.15) is 5.75 Å². The maximum absolute atomic E-state index is 10.0. The molecule has 0 radical (unpaired) electrons. The molecule has 3 nitrogen and oxygen atoms in total. The Morgan fingerprint density at radius 1 is 1.38 bits per heavy atom. The molecule has 3 heteroatoms. The minimum absolute atomic E-state index is 0.186. The summed E-state index contributed by atoms with van der Waals surface area (Å²) < 4.78 is 0. The number of aliphatic hydroxyl groups is 1. The number of hydrogen-bond donors (Lipinski definition) is 3. The van der Waals surface area contributed by atoms with Crippen LogP contribution in [0, 0.1) is 12.8 Å². The molecule has 1 aliphatic rings. The van der Waals surface area contributed by atoms with Crippen molar-refractivity contribution in [2.24, 2.45) is 11.7 Å². The Kier molecular flexibility index (Phi) is 3.17. The van der Waals surface area contributed by atoms with Gasteiger partial charge in [0.15, 0.2) is 0 Å². The molecule has 1 aromatic rings. The van der Waals surface area contributed by atoms with E-state index in [0.717, 1.165) is 18.4 Å². The lowest BCUT2D eigenvalue weighted by Gasteiger charge is -2.34. The SMILES string of the molecule is Cc1ccc([C@H](N)[C@H](O)C2CCC2)c(O)c1. The van der Waals surface area contributed by atoms with Crippen LogP contribution in [0.1, 0.15) is 36.4 Å². The van der Waals surface area contributed by atoms with E-state index in [-0.39, 0.29) is 5.75 Å². The Balaban J connectivity index is 2.15. The van der Waals surface area contributed by atoms with Gasteiger partial charge in [-0.25, -0.2) is 0 Å². The molecular weight excluding hydrogens is 202 g/mol. The third-order valence-corrected chi connectivity index (χ3v) is 3.55. The second-order valence-corrected chi connectivity index (χ2v) is 4.77. The van der Waals surface area contributed by atoms with E-state index in [0.29, 0.717) is 11.5 Å². The normalized spacial score (nSPS) is 20.2. The molecule has 1 fully saturated rings. The van der Waals surface area contributed by atoms with Crippen molar-refractivity contribution in [1.29, 1.82) is 0 Å². The van der Waals surface area contributed by atoms with Crippen molar-refractivity contribution in [3.8, 4) is 5.75 Å². The Morgan fingerprint density at radius 3 is 2.56 bits per heavy atom. The number of phenolic OH excluding ortho intramolecular Hbond substituents is 1. The molecule has 0 aliphatic heterocycles. The van der Waals surface area contributed by atoms with Gasteiger partial charge in [-0.2, -0.15) is 0 Å². The summed E-state index contributed by atoms with van der Waals surface area (Å²) in [7, 11) is 0. The van der Waals surface area contributed by atoms with Crippen LogP contribution in [0.3, 0.4) is 0 Å². The molecule has 4 N–H and O–H groups in total. The standard InChI is InChI=1S/C13H19NO2/c1-8-5-6-10(11(15)7-8)12(14)13(16)9-3-2-4-9/h5-7,9,12-13,15-16H,2-4,14H2,1H3/t12-,13+/m0/s1. The van der Waals surface area contributed by atoms with Crippen molar-refractivity contribution in [1.82, 2.24) is 0 Å². The third kappa shape index (κ3) is 2.06. The fourth-order valence-electron chi connectivity index (χ4n) is 2.19. The van der Waals surface area contributed by atoms with Gasteiger partial charge in [-0.15, -0.1) is 0 Å². The lowest BCUT2D eigenvalue weighted by molar-refractivity contribution is 0.0407. The summed E-state index contributed by atoms with van der Waals surface area (Å²) in [5.74, 6) is 0.488. The average molecular weight is 221 g/mol. The Labute approximate surface area is 95.9 Å². The monoisotopic (exact) mass is 221 g/mol. The molecule has 1 aromatic carbocycles. The van der Waals surface area contributed by atoms with Gasteiger partial charge < -0.3 is 15.9 Å². The van der Waals surface area contributed by atoms with Gasteiger partial charge in [0.2, 0.25) is 0 Å². The lowest BCUT2D eigenvalue weighted by atomic mass is 9.77. The molecule has 0 bridgehead atoms. The molecule has 2 atom stereocenters. The van der Waals surface area contributed by atoms with E-state index in [1.165, 1.54) is 6.42 Å². The Bertz CT molecular complexity index is 374. The molecule has 0 amide bonds. The van der Waals surface area contributed by atoms with E-state index in [2.05, 4.69) is 0 Å².